The lowest BCUT2D eigenvalue weighted by Crippen LogP contribution is -2.22. The van der Waals surface area contributed by atoms with Gasteiger partial charge in [-0.05, 0) is 80.4 Å². The van der Waals surface area contributed by atoms with E-state index in [9.17, 15) is 14.0 Å². The molecule has 1 atom stereocenters. The predicted molar refractivity (Wildman–Crippen MR) is 121 cm³/mol. The first-order chi connectivity index (χ1) is 14.3. The summed E-state index contributed by atoms with van der Waals surface area (Å²) in [6.07, 6.45) is 0. The van der Waals surface area contributed by atoms with Crippen LogP contribution in [0.25, 0.3) is 0 Å². The van der Waals surface area contributed by atoms with E-state index in [1.807, 2.05) is 51.1 Å². The van der Waals surface area contributed by atoms with E-state index in [0.717, 1.165) is 16.1 Å². The molecule has 154 valence electrons. The summed E-state index contributed by atoms with van der Waals surface area (Å²) >= 11 is 1.42. The Morgan fingerprint density at radius 3 is 2.20 bits per heavy atom. The molecule has 2 amide bonds. The molecule has 6 heteroatoms. The molecule has 1 unspecified atom stereocenters. The van der Waals surface area contributed by atoms with E-state index in [1.54, 1.807) is 18.2 Å². The van der Waals surface area contributed by atoms with E-state index in [4.69, 9.17) is 0 Å². The first kappa shape index (κ1) is 21.6. The summed E-state index contributed by atoms with van der Waals surface area (Å²) in [5.74, 6) is -1.15. The van der Waals surface area contributed by atoms with Gasteiger partial charge in [-0.15, -0.1) is 11.8 Å². The zero-order valence-corrected chi connectivity index (χ0v) is 17.8. The van der Waals surface area contributed by atoms with Crippen LogP contribution in [-0.2, 0) is 4.79 Å². The van der Waals surface area contributed by atoms with Gasteiger partial charge in [0.1, 0.15) is 5.82 Å². The molecule has 0 bridgehead atoms. The van der Waals surface area contributed by atoms with Crippen molar-refractivity contribution in [3.63, 3.8) is 0 Å². The fraction of sp³-hybridized carbons (Fsp3) is 0.167. The van der Waals surface area contributed by atoms with Gasteiger partial charge >= 0.3 is 0 Å². The van der Waals surface area contributed by atoms with Gasteiger partial charge in [0.15, 0.2) is 0 Å². The number of hydrogen-bond acceptors (Lipinski definition) is 3. The van der Waals surface area contributed by atoms with Crippen molar-refractivity contribution in [2.45, 2.75) is 30.9 Å². The van der Waals surface area contributed by atoms with Crippen molar-refractivity contribution in [1.82, 2.24) is 0 Å². The van der Waals surface area contributed by atoms with Crippen LogP contribution < -0.4 is 10.6 Å². The number of hydrogen-bond donors (Lipinski definition) is 2. The molecule has 0 aliphatic rings. The second kappa shape index (κ2) is 9.59. The zero-order valence-electron chi connectivity index (χ0n) is 17.0. The average molecular weight is 423 g/mol. The summed E-state index contributed by atoms with van der Waals surface area (Å²) in [6, 6.07) is 18.8. The zero-order chi connectivity index (χ0) is 21.7. The second-order valence-electron chi connectivity index (χ2n) is 7.01. The molecule has 0 aliphatic heterocycles. The minimum atomic E-state index is -0.564. The molecule has 0 aromatic heterocycles. The lowest BCUT2D eigenvalue weighted by molar-refractivity contribution is -0.115. The van der Waals surface area contributed by atoms with Crippen LogP contribution in [0.4, 0.5) is 15.8 Å². The van der Waals surface area contributed by atoms with Gasteiger partial charge in [-0.3, -0.25) is 9.59 Å². The number of anilines is 2. The van der Waals surface area contributed by atoms with Crippen molar-refractivity contribution in [3.05, 3.63) is 89.2 Å². The van der Waals surface area contributed by atoms with Crippen LogP contribution in [0.3, 0.4) is 0 Å². The summed E-state index contributed by atoms with van der Waals surface area (Å²) in [4.78, 5) is 25.6. The van der Waals surface area contributed by atoms with Crippen molar-refractivity contribution >= 4 is 35.0 Å². The largest absolute Gasteiger partial charge is 0.325 e. The minimum Gasteiger partial charge on any atom is -0.325 e. The highest BCUT2D eigenvalue weighted by Crippen LogP contribution is 2.26. The quantitative estimate of drug-likeness (QED) is 0.493. The van der Waals surface area contributed by atoms with E-state index in [1.165, 1.54) is 35.5 Å². The molecule has 0 heterocycles. The van der Waals surface area contributed by atoms with Gasteiger partial charge in [-0.2, -0.15) is 0 Å². The molecule has 3 aromatic carbocycles. The number of nitrogens with one attached hydrogen (secondary N) is 2. The van der Waals surface area contributed by atoms with Crippen LogP contribution in [-0.4, -0.2) is 17.1 Å². The lowest BCUT2D eigenvalue weighted by atomic mass is 10.1. The number of carbonyl (C=O) groups excluding carboxylic acids is 2. The molecule has 0 saturated carbocycles. The average Bonchev–Trinajstić information content (AvgIpc) is 2.72. The van der Waals surface area contributed by atoms with E-state index in [0.29, 0.717) is 5.69 Å². The number of thioether (sulfide) groups is 1. The van der Waals surface area contributed by atoms with Crippen molar-refractivity contribution < 1.29 is 14.0 Å². The van der Waals surface area contributed by atoms with Crippen molar-refractivity contribution in [3.8, 4) is 0 Å². The molecular formula is C24H23FN2O2S. The van der Waals surface area contributed by atoms with Crippen LogP contribution >= 0.6 is 11.8 Å². The lowest BCUT2D eigenvalue weighted by Gasteiger charge is -2.13. The molecule has 0 spiro atoms. The smallest absolute Gasteiger partial charge is 0.258 e. The summed E-state index contributed by atoms with van der Waals surface area (Å²) < 4.78 is 13.7. The molecular weight excluding hydrogens is 399 g/mol. The first-order valence-corrected chi connectivity index (χ1v) is 10.4. The third-order valence-electron chi connectivity index (χ3n) is 4.69. The van der Waals surface area contributed by atoms with Crippen molar-refractivity contribution in [2.75, 3.05) is 10.6 Å². The third kappa shape index (κ3) is 5.48. The van der Waals surface area contributed by atoms with Crippen LogP contribution in [0.15, 0.2) is 71.6 Å². The Morgan fingerprint density at radius 1 is 0.867 bits per heavy atom. The fourth-order valence-corrected chi connectivity index (χ4v) is 3.65. The maximum atomic E-state index is 13.7. The highest BCUT2D eigenvalue weighted by atomic mass is 32.2. The summed E-state index contributed by atoms with van der Waals surface area (Å²) in [7, 11) is 0. The normalized spacial score (nSPS) is 11.6. The Kier molecular flexibility index (Phi) is 6.90. The second-order valence-corrected chi connectivity index (χ2v) is 8.42. The molecule has 0 fully saturated rings. The minimum absolute atomic E-state index is 0.00686. The van der Waals surface area contributed by atoms with Crippen LogP contribution in [0.2, 0.25) is 0 Å². The van der Waals surface area contributed by atoms with Crippen molar-refractivity contribution in [2.24, 2.45) is 0 Å². The standard InChI is InChI=1S/C24H23FN2O2S/c1-15-8-9-19(14-16(15)2)27-23(28)17(3)30-20-12-10-18(11-13-20)26-24(29)21-6-4-5-7-22(21)25/h4-14,17H,1-3H3,(H,26,29)(H,27,28). The Morgan fingerprint density at radius 2 is 1.53 bits per heavy atom. The van der Waals surface area contributed by atoms with Gasteiger partial charge in [0, 0.05) is 16.3 Å². The third-order valence-corrected chi connectivity index (χ3v) is 5.80. The highest BCUT2D eigenvalue weighted by Gasteiger charge is 2.15. The summed E-state index contributed by atoms with van der Waals surface area (Å²) in [5, 5.41) is 5.32. The highest BCUT2D eigenvalue weighted by molar-refractivity contribution is 8.00. The number of rotatable bonds is 6. The molecule has 30 heavy (non-hydrogen) atoms. The van der Waals surface area contributed by atoms with E-state index >= 15 is 0 Å². The molecule has 0 saturated heterocycles. The first-order valence-electron chi connectivity index (χ1n) is 9.54. The van der Waals surface area contributed by atoms with Gasteiger partial charge < -0.3 is 10.6 Å². The molecule has 3 aromatic rings. The molecule has 3 rings (SSSR count). The molecule has 2 N–H and O–H groups in total. The van der Waals surface area contributed by atoms with E-state index < -0.39 is 11.7 Å². The van der Waals surface area contributed by atoms with Gasteiger partial charge in [0.25, 0.3) is 5.91 Å². The number of aryl methyl sites for hydroxylation is 2. The number of benzene rings is 3. The van der Waals surface area contributed by atoms with Crippen LogP contribution in [0, 0.1) is 19.7 Å². The Labute approximate surface area is 179 Å². The fourth-order valence-electron chi connectivity index (χ4n) is 2.78. The van der Waals surface area contributed by atoms with Crippen LogP contribution in [0.5, 0.6) is 0 Å². The Hall–Kier alpha value is -3.12. The number of carbonyl (C=O) groups is 2. The van der Waals surface area contributed by atoms with Gasteiger partial charge in [0.2, 0.25) is 5.91 Å². The summed E-state index contributed by atoms with van der Waals surface area (Å²) in [5.41, 5.74) is 3.63. The predicted octanol–water partition coefficient (Wildman–Crippen LogP) is 5.81. The Bertz CT molecular complexity index is 1070. The molecule has 0 aliphatic carbocycles. The maximum absolute atomic E-state index is 13.7. The Balaban J connectivity index is 1.58. The van der Waals surface area contributed by atoms with Gasteiger partial charge in [-0.25, -0.2) is 4.39 Å². The van der Waals surface area contributed by atoms with Crippen LogP contribution in [0.1, 0.15) is 28.4 Å². The molecule has 0 radical (unpaired) electrons. The topological polar surface area (TPSA) is 58.2 Å². The van der Waals surface area contributed by atoms with Gasteiger partial charge in [0.05, 0.1) is 10.8 Å². The molecule has 4 nitrogen and oxygen atoms in total. The number of amides is 2. The van der Waals surface area contributed by atoms with E-state index in [-0.39, 0.29) is 16.7 Å². The van der Waals surface area contributed by atoms with E-state index in [2.05, 4.69) is 10.6 Å². The summed E-state index contributed by atoms with van der Waals surface area (Å²) in [6.45, 7) is 5.88. The van der Waals surface area contributed by atoms with Gasteiger partial charge in [-0.1, -0.05) is 18.2 Å². The van der Waals surface area contributed by atoms with Crippen molar-refractivity contribution in [1.29, 1.82) is 0 Å². The maximum Gasteiger partial charge on any atom is 0.258 e. The SMILES string of the molecule is Cc1ccc(NC(=O)C(C)Sc2ccc(NC(=O)c3ccccc3F)cc2)cc1C. The monoisotopic (exact) mass is 422 g/mol. The number of halogens is 1.